The standard InChI is InChI=1S/C13H15F4NO.ClH/c14-12-2-1-10(19-8-13(15,16)17)7-11(12)9-3-5-18-6-4-9;/h1-2,7,9,18H,3-6,8H2;1H. The van der Waals surface area contributed by atoms with E-state index in [9.17, 15) is 17.6 Å². The molecule has 0 aliphatic carbocycles. The Labute approximate surface area is 120 Å². The molecule has 1 aromatic rings. The maximum absolute atomic E-state index is 13.7. The molecule has 0 atom stereocenters. The summed E-state index contributed by atoms with van der Waals surface area (Å²) in [5.41, 5.74) is 0.446. The molecule has 0 spiro atoms. The van der Waals surface area contributed by atoms with Crippen molar-refractivity contribution < 1.29 is 22.3 Å². The third-order valence-corrected chi connectivity index (χ3v) is 3.15. The van der Waals surface area contributed by atoms with Crippen LogP contribution >= 0.6 is 12.4 Å². The van der Waals surface area contributed by atoms with Crippen LogP contribution in [0, 0.1) is 5.82 Å². The van der Waals surface area contributed by atoms with Gasteiger partial charge in [-0.05, 0) is 55.6 Å². The van der Waals surface area contributed by atoms with Gasteiger partial charge in [0.05, 0.1) is 0 Å². The van der Waals surface area contributed by atoms with Crippen molar-refractivity contribution in [3.05, 3.63) is 29.6 Å². The maximum Gasteiger partial charge on any atom is 0.422 e. The normalized spacial score (nSPS) is 16.6. The quantitative estimate of drug-likeness (QED) is 0.860. The molecule has 0 unspecified atom stereocenters. The van der Waals surface area contributed by atoms with Crippen LogP contribution in [0.2, 0.25) is 0 Å². The second-order valence-corrected chi connectivity index (χ2v) is 4.61. The minimum Gasteiger partial charge on any atom is -0.484 e. The summed E-state index contributed by atoms with van der Waals surface area (Å²) < 4.78 is 54.6. The van der Waals surface area contributed by atoms with Gasteiger partial charge in [0.2, 0.25) is 0 Å². The highest BCUT2D eigenvalue weighted by atomic mass is 35.5. The Kier molecular flexibility index (Phi) is 6.07. The van der Waals surface area contributed by atoms with Crippen molar-refractivity contribution in [2.24, 2.45) is 0 Å². The summed E-state index contributed by atoms with van der Waals surface area (Å²) in [5.74, 6) is -0.283. The zero-order valence-electron chi connectivity index (χ0n) is 10.7. The highest BCUT2D eigenvalue weighted by Gasteiger charge is 2.28. The zero-order chi connectivity index (χ0) is 13.9. The zero-order valence-corrected chi connectivity index (χ0v) is 11.5. The molecule has 1 N–H and O–H groups in total. The molecular formula is C13H16ClF4NO. The average molecular weight is 314 g/mol. The van der Waals surface area contributed by atoms with Crippen LogP contribution in [-0.2, 0) is 0 Å². The van der Waals surface area contributed by atoms with E-state index in [1.54, 1.807) is 0 Å². The van der Waals surface area contributed by atoms with E-state index in [0.29, 0.717) is 5.56 Å². The second-order valence-electron chi connectivity index (χ2n) is 4.61. The number of rotatable bonds is 3. The third-order valence-electron chi connectivity index (χ3n) is 3.15. The summed E-state index contributed by atoms with van der Waals surface area (Å²) in [5, 5.41) is 3.16. The van der Waals surface area contributed by atoms with E-state index in [1.807, 2.05) is 0 Å². The molecule has 1 fully saturated rings. The summed E-state index contributed by atoms with van der Waals surface area (Å²) in [6.07, 6.45) is -2.83. The van der Waals surface area contributed by atoms with E-state index in [1.165, 1.54) is 18.2 Å². The van der Waals surface area contributed by atoms with Crippen molar-refractivity contribution in [3.8, 4) is 5.75 Å². The van der Waals surface area contributed by atoms with Gasteiger partial charge in [-0.1, -0.05) is 0 Å². The van der Waals surface area contributed by atoms with Crippen LogP contribution in [-0.4, -0.2) is 25.9 Å². The number of benzene rings is 1. The van der Waals surface area contributed by atoms with Gasteiger partial charge >= 0.3 is 6.18 Å². The lowest BCUT2D eigenvalue weighted by molar-refractivity contribution is -0.153. The van der Waals surface area contributed by atoms with Crippen LogP contribution < -0.4 is 10.1 Å². The monoisotopic (exact) mass is 313 g/mol. The van der Waals surface area contributed by atoms with Crippen molar-refractivity contribution in [3.63, 3.8) is 0 Å². The fourth-order valence-corrected chi connectivity index (χ4v) is 2.22. The first-order valence-corrected chi connectivity index (χ1v) is 6.15. The summed E-state index contributed by atoms with van der Waals surface area (Å²) in [7, 11) is 0. The fourth-order valence-electron chi connectivity index (χ4n) is 2.22. The molecule has 1 heterocycles. The number of hydrogen-bond acceptors (Lipinski definition) is 2. The Morgan fingerprint density at radius 2 is 1.85 bits per heavy atom. The summed E-state index contributed by atoms with van der Waals surface area (Å²) >= 11 is 0. The molecule has 0 amide bonds. The lowest BCUT2D eigenvalue weighted by Gasteiger charge is -2.23. The van der Waals surface area contributed by atoms with E-state index in [2.05, 4.69) is 10.1 Å². The maximum atomic E-state index is 13.7. The lowest BCUT2D eigenvalue weighted by Crippen LogP contribution is -2.27. The van der Waals surface area contributed by atoms with Gasteiger partial charge in [0, 0.05) is 0 Å². The predicted octanol–water partition coefficient (Wildman–Crippen LogP) is 3.66. The van der Waals surface area contributed by atoms with Gasteiger partial charge in [-0.3, -0.25) is 0 Å². The molecule has 0 saturated carbocycles. The van der Waals surface area contributed by atoms with E-state index in [4.69, 9.17) is 0 Å². The van der Waals surface area contributed by atoms with Gasteiger partial charge < -0.3 is 10.1 Å². The molecule has 1 saturated heterocycles. The number of nitrogens with one attached hydrogen (secondary N) is 1. The van der Waals surface area contributed by atoms with E-state index < -0.39 is 12.8 Å². The first kappa shape index (κ1) is 17.0. The van der Waals surface area contributed by atoms with Gasteiger partial charge in [0.15, 0.2) is 6.61 Å². The predicted molar refractivity (Wildman–Crippen MR) is 70.0 cm³/mol. The third kappa shape index (κ3) is 4.83. The smallest absolute Gasteiger partial charge is 0.422 e. The van der Waals surface area contributed by atoms with E-state index >= 15 is 0 Å². The number of piperidine rings is 1. The molecule has 1 aromatic carbocycles. The summed E-state index contributed by atoms with van der Waals surface area (Å²) in [4.78, 5) is 0. The van der Waals surface area contributed by atoms with Crippen molar-refractivity contribution in [2.45, 2.75) is 24.9 Å². The van der Waals surface area contributed by atoms with Gasteiger partial charge in [0.1, 0.15) is 11.6 Å². The van der Waals surface area contributed by atoms with Crippen LogP contribution in [0.4, 0.5) is 17.6 Å². The molecule has 0 aromatic heterocycles. The van der Waals surface area contributed by atoms with Crippen LogP contribution in [0.5, 0.6) is 5.75 Å². The molecular weight excluding hydrogens is 298 g/mol. The van der Waals surface area contributed by atoms with Gasteiger partial charge in [-0.2, -0.15) is 13.2 Å². The molecule has 1 aliphatic rings. The molecule has 114 valence electrons. The molecule has 2 nitrogen and oxygen atoms in total. The molecule has 20 heavy (non-hydrogen) atoms. The van der Waals surface area contributed by atoms with Gasteiger partial charge in [0.25, 0.3) is 0 Å². The van der Waals surface area contributed by atoms with Crippen molar-refractivity contribution >= 4 is 12.4 Å². The molecule has 0 radical (unpaired) electrons. The highest BCUT2D eigenvalue weighted by Crippen LogP contribution is 2.30. The fraction of sp³-hybridized carbons (Fsp3) is 0.538. The van der Waals surface area contributed by atoms with Crippen LogP contribution in [0.3, 0.4) is 0 Å². The summed E-state index contributed by atoms with van der Waals surface area (Å²) in [6, 6.07) is 3.78. The van der Waals surface area contributed by atoms with E-state index in [-0.39, 0.29) is 29.9 Å². The minimum absolute atomic E-state index is 0. The van der Waals surface area contributed by atoms with Crippen LogP contribution in [0.15, 0.2) is 18.2 Å². The van der Waals surface area contributed by atoms with Crippen molar-refractivity contribution in [1.82, 2.24) is 5.32 Å². The molecule has 1 aliphatic heterocycles. The molecule has 2 rings (SSSR count). The number of halogens is 5. The number of hydrogen-bond donors (Lipinski definition) is 1. The molecule has 7 heteroatoms. The topological polar surface area (TPSA) is 21.3 Å². The summed E-state index contributed by atoms with van der Waals surface area (Å²) in [6.45, 7) is 0.222. The van der Waals surface area contributed by atoms with E-state index in [0.717, 1.165) is 25.9 Å². The largest absolute Gasteiger partial charge is 0.484 e. The number of alkyl halides is 3. The van der Waals surface area contributed by atoms with Crippen LogP contribution in [0.25, 0.3) is 0 Å². The Bertz CT molecular complexity index is 433. The van der Waals surface area contributed by atoms with Crippen molar-refractivity contribution in [2.75, 3.05) is 19.7 Å². The van der Waals surface area contributed by atoms with Crippen molar-refractivity contribution in [1.29, 1.82) is 0 Å². The first-order chi connectivity index (χ1) is 8.96. The second kappa shape index (κ2) is 7.13. The van der Waals surface area contributed by atoms with Gasteiger partial charge in [-0.25, -0.2) is 4.39 Å². The lowest BCUT2D eigenvalue weighted by atomic mass is 9.90. The number of ether oxygens (including phenoxy) is 1. The minimum atomic E-state index is -4.39. The SMILES string of the molecule is Cl.Fc1ccc(OCC(F)(F)F)cc1C1CCNCC1. The van der Waals surface area contributed by atoms with Crippen LogP contribution in [0.1, 0.15) is 24.3 Å². The Morgan fingerprint density at radius 3 is 2.45 bits per heavy atom. The highest BCUT2D eigenvalue weighted by molar-refractivity contribution is 5.85. The average Bonchev–Trinajstić information content (AvgIpc) is 2.38. The van der Waals surface area contributed by atoms with Gasteiger partial charge in [-0.15, -0.1) is 12.4 Å². The molecule has 0 bridgehead atoms. The first-order valence-electron chi connectivity index (χ1n) is 6.15. The Hall–Kier alpha value is -1.01. The Balaban J connectivity index is 0.00000200. The Morgan fingerprint density at radius 1 is 1.20 bits per heavy atom.